The zero-order valence-corrected chi connectivity index (χ0v) is 13.0. The summed E-state index contributed by atoms with van der Waals surface area (Å²) in [5, 5.41) is 9.38. The Hall–Kier alpha value is -1.56. The Bertz CT molecular complexity index is 376. The SMILES string of the molecule is C=CCN(CCOC)C(=O)N1CCC(CC)(C(=O)O)CC1. The van der Waals surface area contributed by atoms with Gasteiger partial charge in [-0.25, -0.2) is 4.79 Å². The highest BCUT2D eigenvalue weighted by Crippen LogP contribution is 2.35. The van der Waals surface area contributed by atoms with Gasteiger partial charge in [0.1, 0.15) is 0 Å². The van der Waals surface area contributed by atoms with Gasteiger partial charge in [0.15, 0.2) is 0 Å². The summed E-state index contributed by atoms with van der Waals surface area (Å²) in [5.74, 6) is -0.751. The molecule has 6 nitrogen and oxygen atoms in total. The van der Waals surface area contributed by atoms with Crippen LogP contribution in [0.4, 0.5) is 4.79 Å². The molecule has 120 valence electrons. The number of piperidine rings is 1. The molecule has 1 saturated heterocycles. The average Bonchev–Trinajstić information content (AvgIpc) is 2.50. The fraction of sp³-hybridized carbons (Fsp3) is 0.733. The number of carbonyl (C=O) groups excluding carboxylic acids is 1. The highest BCUT2D eigenvalue weighted by atomic mass is 16.5. The van der Waals surface area contributed by atoms with E-state index in [9.17, 15) is 14.7 Å². The number of aliphatic carboxylic acids is 1. The third-order valence-corrected chi connectivity index (χ3v) is 4.31. The van der Waals surface area contributed by atoms with Gasteiger partial charge in [-0.2, -0.15) is 0 Å². The molecule has 1 aliphatic rings. The summed E-state index contributed by atoms with van der Waals surface area (Å²) in [6.45, 7) is 7.99. The summed E-state index contributed by atoms with van der Waals surface area (Å²) in [4.78, 5) is 27.3. The largest absolute Gasteiger partial charge is 0.481 e. The molecule has 6 heteroatoms. The van der Waals surface area contributed by atoms with Gasteiger partial charge in [0.2, 0.25) is 0 Å². The van der Waals surface area contributed by atoms with E-state index >= 15 is 0 Å². The van der Waals surface area contributed by atoms with Crippen LogP contribution >= 0.6 is 0 Å². The molecule has 0 bridgehead atoms. The number of urea groups is 1. The van der Waals surface area contributed by atoms with Crippen LogP contribution < -0.4 is 0 Å². The van der Waals surface area contributed by atoms with E-state index in [0.29, 0.717) is 52.0 Å². The Morgan fingerprint density at radius 2 is 2.05 bits per heavy atom. The number of amides is 2. The number of hydrogen-bond donors (Lipinski definition) is 1. The molecule has 0 aromatic rings. The van der Waals surface area contributed by atoms with Crippen molar-refractivity contribution in [2.75, 3.05) is 39.9 Å². The molecule has 0 aliphatic carbocycles. The average molecular weight is 298 g/mol. The van der Waals surface area contributed by atoms with Crippen LogP contribution in [0.2, 0.25) is 0 Å². The summed E-state index contributed by atoms with van der Waals surface area (Å²) in [7, 11) is 1.60. The van der Waals surface area contributed by atoms with Crippen LogP contribution in [0.5, 0.6) is 0 Å². The van der Waals surface area contributed by atoms with E-state index < -0.39 is 11.4 Å². The van der Waals surface area contributed by atoms with Gasteiger partial charge in [-0.1, -0.05) is 13.0 Å². The highest BCUT2D eigenvalue weighted by Gasteiger charge is 2.41. The van der Waals surface area contributed by atoms with Gasteiger partial charge >= 0.3 is 12.0 Å². The van der Waals surface area contributed by atoms with E-state index in [2.05, 4.69) is 6.58 Å². The molecule has 0 aromatic carbocycles. The number of carboxylic acids is 1. The predicted molar refractivity (Wildman–Crippen MR) is 80.2 cm³/mol. The number of likely N-dealkylation sites (tertiary alicyclic amines) is 1. The summed E-state index contributed by atoms with van der Waals surface area (Å²) in [5.41, 5.74) is -0.674. The number of hydrogen-bond acceptors (Lipinski definition) is 3. The highest BCUT2D eigenvalue weighted by molar-refractivity contribution is 5.77. The van der Waals surface area contributed by atoms with Gasteiger partial charge in [0, 0.05) is 33.3 Å². The quantitative estimate of drug-likeness (QED) is 0.728. The standard InChI is InChI=1S/C15H26N2O4/c1-4-8-16(11-12-21-3)14(20)17-9-6-15(5-2,7-10-17)13(18)19/h4H,1,5-12H2,2-3H3,(H,18,19). The Kier molecular flexibility index (Phi) is 6.68. The first kappa shape index (κ1) is 17.5. The first-order chi connectivity index (χ1) is 10.0. The molecule has 0 atom stereocenters. The van der Waals surface area contributed by atoms with Gasteiger partial charge in [-0.3, -0.25) is 4.79 Å². The molecule has 0 unspecified atom stereocenters. The third kappa shape index (κ3) is 4.20. The van der Waals surface area contributed by atoms with Crippen LogP contribution in [-0.4, -0.2) is 66.8 Å². The van der Waals surface area contributed by atoms with Gasteiger partial charge in [0.25, 0.3) is 0 Å². The molecule has 0 saturated carbocycles. The fourth-order valence-electron chi connectivity index (χ4n) is 2.67. The lowest BCUT2D eigenvalue weighted by molar-refractivity contribution is -0.152. The molecule has 0 radical (unpaired) electrons. The van der Waals surface area contributed by atoms with E-state index in [4.69, 9.17) is 4.74 Å². The number of rotatable bonds is 7. The van der Waals surface area contributed by atoms with Crippen molar-refractivity contribution in [3.8, 4) is 0 Å². The number of nitrogens with zero attached hydrogens (tertiary/aromatic N) is 2. The Morgan fingerprint density at radius 3 is 2.48 bits per heavy atom. The molecule has 0 aromatic heterocycles. The van der Waals surface area contributed by atoms with Gasteiger partial charge < -0.3 is 19.6 Å². The minimum atomic E-state index is -0.751. The molecule has 2 amide bonds. The molecule has 0 spiro atoms. The topological polar surface area (TPSA) is 70.1 Å². The maximum atomic E-state index is 12.5. The second kappa shape index (κ2) is 8.02. The number of carbonyl (C=O) groups is 2. The normalized spacial score (nSPS) is 17.3. The van der Waals surface area contributed by atoms with Gasteiger partial charge in [0.05, 0.1) is 12.0 Å². The van der Waals surface area contributed by atoms with Crippen molar-refractivity contribution in [2.45, 2.75) is 26.2 Å². The van der Waals surface area contributed by atoms with Crippen LogP contribution in [0.3, 0.4) is 0 Å². The molecule has 21 heavy (non-hydrogen) atoms. The minimum absolute atomic E-state index is 0.0676. The van der Waals surface area contributed by atoms with Crippen molar-refractivity contribution in [1.82, 2.24) is 9.80 Å². The second-order valence-corrected chi connectivity index (χ2v) is 5.44. The number of methoxy groups -OCH3 is 1. The van der Waals surface area contributed by atoms with E-state index in [0.717, 1.165) is 0 Å². The van der Waals surface area contributed by atoms with Crippen LogP contribution in [-0.2, 0) is 9.53 Å². The van der Waals surface area contributed by atoms with Crippen molar-refractivity contribution < 1.29 is 19.4 Å². The zero-order chi connectivity index (χ0) is 15.9. The smallest absolute Gasteiger partial charge is 0.320 e. The molecule has 1 heterocycles. The fourth-order valence-corrected chi connectivity index (χ4v) is 2.67. The maximum absolute atomic E-state index is 12.5. The summed E-state index contributed by atoms with van der Waals surface area (Å²) < 4.78 is 5.01. The molecule has 1 rings (SSSR count). The lowest BCUT2D eigenvalue weighted by Crippen LogP contribution is -2.51. The van der Waals surface area contributed by atoms with Crippen molar-refractivity contribution in [1.29, 1.82) is 0 Å². The predicted octanol–water partition coefficient (Wildman–Crippen LogP) is 1.82. The first-order valence-corrected chi connectivity index (χ1v) is 7.38. The van der Waals surface area contributed by atoms with E-state index in [1.165, 1.54) is 0 Å². The van der Waals surface area contributed by atoms with Crippen molar-refractivity contribution in [3.05, 3.63) is 12.7 Å². The number of ether oxygens (including phenoxy) is 1. The van der Waals surface area contributed by atoms with Crippen molar-refractivity contribution in [3.63, 3.8) is 0 Å². The molecular weight excluding hydrogens is 272 g/mol. The van der Waals surface area contributed by atoms with Crippen molar-refractivity contribution >= 4 is 12.0 Å². The van der Waals surface area contributed by atoms with Crippen LogP contribution in [0.15, 0.2) is 12.7 Å². The van der Waals surface area contributed by atoms with Crippen molar-refractivity contribution in [2.24, 2.45) is 5.41 Å². The molecule has 1 fully saturated rings. The zero-order valence-electron chi connectivity index (χ0n) is 13.0. The summed E-state index contributed by atoms with van der Waals surface area (Å²) in [6.07, 6.45) is 3.31. The monoisotopic (exact) mass is 298 g/mol. The van der Waals surface area contributed by atoms with E-state index in [1.807, 2.05) is 6.92 Å². The second-order valence-electron chi connectivity index (χ2n) is 5.44. The van der Waals surface area contributed by atoms with E-state index in [1.54, 1.807) is 23.0 Å². The molecular formula is C15H26N2O4. The molecule has 1 N–H and O–H groups in total. The lowest BCUT2D eigenvalue weighted by atomic mass is 9.76. The van der Waals surface area contributed by atoms with Crippen LogP contribution in [0, 0.1) is 5.41 Å². The summed E-state index contributed by atoms with van der Waals surface area (Å²) >= 11 is 0. The van der Waals surface area contributed by atoms with Crippen LogP contribution in [0.25, 0.3) is 0 Å². The van der Waals surface area contributed by atoms with Gasteiger partial charge in [-0.05, 0) is 19.3 Å². The lowest BCUT2D eigenvalue weighted by Gasteiger charge is -2.40. The van der Waals surface area contributed by atoms with Crippen LogP contribution in [0.1, 0.15) is 26.2 Å². The minimum Gasteiger partial charge on any atom is -0.481 e. The third-order valence-electron chi connectivity index (χ3n) is 4.31. The molecule has 1 aliphatic heterocycles. The first-order valence-electron chi connectivity index (χ1n) is 7.38. The Labute approximate surface area is 126 Å². The van der Waals surface area contributed by atoms with Gasteiger partial charge in [-0.15, -0.1) is 6.58 Å². The number of carboxylic acid groups (broad SMARTS) is 1. The Morgan fingerprint density at radius 1 is 1.43 bits per heavy atom. The maximum Gasteiger partial charge on any atom is 0.320 e. The Balaban J connectivity index is 2.64. The van der Waals surface area contributed by atoms with E-state index in [-0.39, 0.29) is 6.03 Å². The summed E-state index contributed by atoms with van der Waals surface area (Å²) in [6, 6.07) is -0.0676.